The van der Waals surface area contributed by atoms with Crippen LogP contribution in [0, 0.1) is 0 Å². The molecule has 2 fully saturated rings. The van der Waals surface area contributed by atoms with E-state index in [9.17, 15) is 4.79 Å². The molecule has 1 amide bonds. The maximum atomic E-state index is 13.4. The van der Waals surface area contributed by atoms with E-state index in [0.29, 0.717) is 6.54 Å². The van der Waals surface area contributed by atoms with Crippen molar-refractivity contribution in [3.05, 3.63) is 65.2 Å². The van der Waals surface area contributed by atoms with E-state index >= 15 is 0 Å². The molecule has 4 rings (SSSR count). The quantitative estimate of drug-likeness (QED) is 0.730. The highest BCUT2D eigenvalue weighted by atomic mass is 16.5. The molecular formula is C25H33N3O2. The Bertz CT molecular complexity index is 842. The highest BCUT2D eigenvalue weighted by Gasteiger charge is 2.20. The van der Waals surface area contributed by atoms with Crippen molar-refractivity contribution in [1.29, 1.82) is 0 Å². The third-order valence-corrected chi connectivity index (χ3v) is 6.19. The fourth-order valence-corrected chi connectivity index (χ4v) is 4.52. The van der Waals surface area contributed by atoms with Crippen LogP contribution >= 0.6 is 0 Å². The average molecular weight is 408 g/mol. The molecule has 2 aromatic rings. The number of anilines is 1. The van der Waals surface area contributed by atoms with Gasteiger partial charge in [-0.3, -0.25) is 9.69 Å². The Balaban J connectivity index is 1.48. The first kappa shape index (κ1) is 20.9. The standard InChI is InChI=1S/C25H33N3O2/c1-26(19-22-10-4-6-12-24(22)28-15-17-30-18-16-28)25(29)23-11-5-3-9-21(23)20-27-13-7-2-8-14-27/h3-6,9-12H,2,7-8,13-20H2,1H3. The van der Waals surface area contributed by atoms with E-state index in [4.69, 9.17) is 4.74 Å². The van der Waals surface area contributed by atoms with Gasteiger partial charge in [-0.2, -0.15) is 0 Å². The van der Waals surface area contributed by atoms with Crippen LogP contribution in [0.25, 0.3) is 0 Å². The van der Waals surface area contributed by atoms with Crippen molar-refractivity contribution in [3.8, 4) is 0 Å². The molecule has 0 radical (unpaired) electrons. The Hall–Kier alpha value is -2.37. The average Bonchev–Trinajstić information content (AvgIpc) is 2.80. The third kappa shape index (κ3) is 5.02. The number of hydrogen-bond acceptors (Lipinski definition) is 4. The second-order valence-electron chi connectivity index (χ2n) is 8.38. The van der Waals surface area contributed by atoms with Gasteiger partial charge in [-0.05, 0) is 49.2 Å². The van der Waals surface area contributed by atoms with Gasteiger partial charge in [-0.15, -0.1) is 0 Å². The molecule has 0 aromatic heterocycles. The van der Waals surface area contributed by atoms with Gasteiger partial charge in [0.15, 0.2) is 0 Å². The van der Waals surface area contributed by atoms with E-state index < -0.39 is 0 Å². The summed E-state index contributed by atoms with van der Waals surface area (Å²) in [6.45, 7) is 7.03. The lowest BCUT2D eigenvalue weighted by Crippen LogP contribution is -2.37. The predicted octanol–water partition coefficient (Wildman–Crippen LogP) is 3.78. The van der Waals surface area contributed by atoms with Crippen LogP contribution < -0.4 is 4.90 Å². The first-order valence-corrected chi connectivity index (χ1v) is 11.2. The van der Waals surface area contributed by atoms with Crippen molar-refractivity contribution < 1.29 is 9.53 Å². The van der Waals surface area contributed by atoms with E-state index in [1.54, 1.807) is 0 Å². The lowest BCUT2D eigenvalue weighted by Gasteiger charge is -2.31. The van der Waals surface area contributed by atoms with Gasteiger partial charge in [0.2, 0.25) is 0 Å². The zero-order valence-corrected chi connectivity index (χ0v) is 18.1. The summed E-state index contributed by atoms with van der Waals surface area (Å²) in [5.74, 6) is 0.0967. The number of amides is 1. The molecule has 5 heteroatoms. The summed E-state index contributed by atoms with van der Waals surface area (Å²) in [6.07, 6.45) is 3.84. The summed E-state index contributed by atoms with van der Waals surface area (Å²) < 4.78 is 5.50. The van der Waals surface area contributed by atoms with Gasteiger partial charge in [-0.1, -0.05) is 42.8 Å². The minimum Gasteiger partial charge on any atom is -0.378 e. The summed E-state index contributed by atoms with van der Waals surface area (Å²) in [5, 5.41) is 0. The number of hydrogen-bond donors (Lipinski definition) is 0. The summed E-state index contributed by atoms with van der Waals surface area (Å²) in [6, 6.07) is 16.5. The number of benzene rings is 2. The lowest BCUT2D eigenvalue weighted by atomic mass is 10.0. The molecule has 2 heterocycles. The largest absolute Gasteiger partial charge is 0.378 e. The minimum atomic E-state index is 0.0967. The molecule has 0 N–H and O–H groups in total. The predicted molar refractivity (Wildman–Crippen MR) is 121 cm³/mol. The van der Waals surface area contributed by atoms with E-state index in [0.717, 1.165) is 57.1 Å². The summed E-state index contributed by atoms with van der Waals surface area (Å²) in [5.41, 5.74) is 4.36. The fourth-order valence-electron chi connectivity index (χ4n) is 4.52. The second kappa shape index (κ2) is 10.1. The van der Waals surface area contributed by atoms with Gasteiger partial charge in [0.25, 0.3) is 5.91 Å². The molecule has 0 bridgehead atoms. The normalized spacial score (nSPS) is 17.7. The summed E-state index contributed by atoms with van der Waals surface area (Å²) in [7, 11) is 1.91. The van der Waals surface area contributed by atoms with Crippen LogP contribution in [0.4, 0.5) is 5.69 Å². The Kier molecular flexibility index (Phi) is 7.03. The van der Waals surface area contributed by atoms with Gasteiger partial charge in [0, 0.05) is 44.5 Å². The van der Waals surface area contributed by atoms with Crippen LogP contribution in [0.1, 0.15) is 40.7 Å². The highest BCUT2D eigenvalue weighted by molar-refractivity contribution is 5.95. The summed E-state index contributed by atoms with van der Waals surface area (Å²) in [4.78, 5) is 20.1. The fraction of sp³-hybridized carbons (Fsp3) is 0.480. The Morgan fingerprint density at radius 1 is 0.900 bits per heavy atom. The van der Waals surface area contributed by atoms with Crippen molar-refractivity contribution in [1.82, 2.24) is 9.80 Å². The van der Waals surface area contributed by atoms with Gasteiger partial charge in [0.1, 0.15) is 0 Å². The van der Waals surface area contributed by atoms with Crippen LogP contribution in [0.3, 0.4) is 0 Å². The molecule has 0 saturated carbocycles. The minimum absolute atomic E-state index is 0.0967. The van der Waals surface area contributed by atoms with Crippen LogP contribution in [0.15, 0.2) is 48.5 Å². The maximum absolute atomic E-state index is 13.4. The molecule has 2 aromatic carbocycles. The number of para-hydroxylation sites is 1. The van der Waals surface area contributed by atoms with Crippen molar-refractivity contribution >= 4 is 11.6 Å². The maximum Gasteiger partial charge on any atom is 0.254 e. The Morgan fingerprint density at radius 2 is 1.57 bits per heavy atom. The zero-order valence-electron chi connectivity index (χ0n) is 18.1. The lowest BCUT2D eigenvalue weighted by molar-refractivity contribution is 0.0782. The van der Waals surface area contributed by atoms with Gasteiger partial charge in [-0.25, -0.2) is 0 Å². The number of nitrogens with zero attached hydrogens (tertiary/aromatic N) is 3. The Labute approximate surface area is 180 Å². The number of carbonyl (C=O) groups excluding carboxylic acids is 1. The molecule has 2 aliphatic heterocycles. The number of likely N-dealkylation sites (tertiary alicyclic amines) is 1. The van der Waals surface area contributed by atoms with E-state index in [1.807, 2.05) is 30.1 Å². The monoisotopic (exact) mass is 407 g/mol. The molecular weight excluding hydrogens is 374 g/mol. The van der Waals surface area contributed by atoms with Crippen LogP contribution in [0.2, 0.25) is 0 Å². The molecule has 0 aliphatic carbocycles. The second-order valence-corrected chi connectivity index (χ2v) is 8.38. The van der Waals surface area contributed by atoms with Gasteiger partial charge in [0.05, 0.1) is 13.2 Å². The zero-order chi connectivity index (χ0) is 20.8. The molecule has 0 unspecified atom stereocenters. The number of carbonyl (C=O) groups is 1. The number of piperidine rings is 1. The first-order chi connectivity index (χ1) is 14.7. The van der Waals surface area contributed by atoms with Crippen LogP contribution in [-0.4, -0.2) is 62.1 Å². The van der Waals surface area contributed by atoms with Crippen molar-refractivity contribution in [3.63, 3.8) is 0 Å². The molecule has 0 spiro atoms. The van der Waals surface area contributed by atoms with Crippen molar-refractivity contribution in [2.24, 2.45) is 0 Å². The molecule has 2 saturated heterocycles. The number of ether oxygens (including phenoxy) is 1. The van der Waals surface area contributed by atoms with Gasteiger partial charge >= 0.3 is 0 Å². The van der Waals surface area contributed by atoms with Crippen molar-refractivity contribution in [2.75, 3.05) is 51.3 Å². The van der Waals surface area contributed by atoms with E-state index in [-0.39, 0.29) is 5.91 Å². The molecule has 5 nitrogen and oxygen atoms in total. The highest BCUT2D eigenvalue weighted by Crippen LogP contribution is 2.24. The van der Waals surface area contributed by atoms with Crippen molar-refractivity contribution in [2.45, 2.75) is 32.4 Å². The van der Waals surface area contributed by atoms with E-state index in [1.165, 1.54) is 30.5 Å². The number of morpholine rings is 1. The molecule has 30 heavy (non-hydrogen) atoms. The van der Waals surface area contributed by atoms with Crippen LogP contribution in [0.5, 0.6) is 0 Å². The molecule has 160 valence electrons. The van der Waals surface area contributed by atoms with E-state index in [2.05, 4.69) is 40.1 Å². The first-order valence-electron chi connectivity index (χ1n) is 11.2. The molecule has 0 atom stereocenters. The third-order valence-electron chi connectivity index (χ3n) is 6.19. The SMILES string of the molecule is CN(Cc1ccccc1N1CCOCC1)C(=O)c1ccccc1CN1CCCCC1. The Morgan fingerprint density at radius 3 is 2.33 bits per heavy atom. The molecule has 2 aliphatic rings. The smallest absolute Gasteiger partial charge is 0.254 e. The van der Waals surface area contributed by atoms with Crippen LogP contribution in [-0.2, 0) is 17.8 Å². The van der Waals surface area contributed by atoms with Gasteiger partial charge < -0.3 is 14.5 Å². The number of rotatable bonds is 6. The summed E-state index contributed by atoms with van der Waals surface area (Å²) >= 11 is 0. The topological polar surface area (TPSA) is 36.0 Å².